The van der Waals surface area contributed by atoms with Crippen molar-refractivity contribution in [2.75, 3.05) is 7.11 Å². The lowest BCUT2D eigenvalue weighted by atomic mass is 10.1. The van der Waals surface area contributed by atoms with E-state index in [-0.39, 0.29) is 35.9 Å². The van der Waals surface area contributed by atoms with Crippen LogP contribution in [0.15, 0.2) is 60.2 Å². The zero-order chi connectivity index (χ0) is 23.5. The lowest BCUT2D eigenvalue weighted by molar-refractivity contribution is -0.139. The van der Waals surface area contributed by atoms with Gasteiger partial charge in [-0.25, -0.2) is 4.99 Å². The lowest BCUT2D eigenvalue weighted by Gasteiger charge is -2.14. The zero-order valence-electron chi connectivity index (χ0n) is 17.0. The Morgan fingerprint density at radius 1 is 1.25 bits per heavy atom. The summed E-state index contributed by atoms with van der Waals surface area (Å²) < 4.78 is 46.6. The van der Waals surface area contributed by atoms with Crippen LogP contribution in [0.2, 0.25) is 0 Å². The molecule has 0 spiro atoms. The maximum Gasteiger partial charge on any atom is 0.419 e. The smallest absolute Gasteiger partial charge is 0.419 e. The highest BCUT2D eigenvalue weighted by Crippen LogP contribution is 2.37. The van der Waals surface area contributed by atoms with Gasteiger partial charge in [-0.1, -0.05) is 18.7 Å². The minimum absolute atomic E-state index is 0.00650. The van der Waals surface area contributed by atoms with E-state index in [1.165, 1.54) is 6.07 Å². The standard InChI is InChI=1S/C22H20F3N3O4/c1-13(15-4-3-5-18-16(15)8-10-28(18)11-9-20(29)30)27-21(32-26)14-6-7-19(31-2)17(12-14)22(23,24)25/h3-8,10,12H,1,9,11,26H2,2H3,(H,29,30). The quantitative estimate of drug-likeness (QED) is 0.317. The first-order valence-corrected chi connectivity index (χ1v) is 9.35. The Balaban J connectivity index is 2.00. The molecular weight excluding hydrogens is 427 g/mol. The summed E-state index contributed by atoms with van der Waals surface area (Å²) in [4.78, 5) is 19.8. The van der Waals surface area contributed by atoms with Crippen LogP contribution in [-0.4, -0.2) is 28.7 Å². The Kier molecular flexibility index (Phi) is 6.54. The number of hydrogen-bond donors (Lipinski definition) is 2. The molecule has 0 saturated heterocycles. The van der Waals surface area contributed by atoms with Gasteiger partial charge in [-0.15, -0.1) is 0 Å². The van der Waals surface area contributed by atoms with Crippen LogP contribution in [-0.2, 0) is 22.4 Å². The molecule has 0 aliphatic rings. The van der Waals surface area contributed by atoms with Crippen molar-refractivity contribution in [3.05, 3.63) is 71.9 Å². The fourth-order valence-electron chi connectivity index (χ4n) is 3.29. The molecule has 0 saturated carbocycles. The van der Waals surface area contributed by atoms with Gasteiger partial charge in [0.15, 0.2) is 0 Å². The van der Waals surface area contributed by atoms with Crippen LogP contribution in [0.5, 0.6) is 5.75 Å². The maximum absolute atomic E-state index is 13.4. The van der Waals surface area contributed by atoms with E-state index in [0.29, 0.717) is 5.56 Å². The van der Waals surface area contributed by atoms with Crippen molar-refractivity contribution in [1.29, 1.82) is 0 Å². The molecule has 1 heterocycles. The van der Waals surface area contributed by atoms with E-state index < -0.39 is 17.7 Å². The molecule has 7 nitrogen and oxygen atoms in total. The topological polar surface area (TPSA) is 99.1 Å². The van der Waals surface area contributed by atoms with Crippen molar-refractivity contribution >= 4 is 28.5 Å². The fraction of sp³-hybridized carbons (Fsp3) is 0.182. The number of halogens is 3. The minimum Gasteiger partial charge on any atom is -0.496 e. The van der Waals surface area contributed by atoms with Crippen LogP contribution in [0.1, 0.15) is 23.1 Å². The summed E-state index contributed by atoms with van der Waals surface area (Å²) in [5.74, 6) is 3.78. The number of aliphatic carboxylic acids is 1. The van der Waals surface area contributed by atoms with Gasteiger partial charge in [0.05, 0.1) is 24.8 Å². The number of hydrogen-bond acceptors (Lipinski definition) is 5. The summed E-state index contributed by atoms with van der Waals surface area (Å²) >= 11 is 0. The number of rotatable bonds is 7. The first-order valence-electron chi connectivity index (χ1n) is 9.35. The second-order valence-electron chi connectivity index (χ2n) is 6.79. The number of aromatic nitrogens is 1. The third-order valence-electron chi connectivity index (χ3n) is 4.79. The van der Waals surface area contributed by atoms with Gasteiger partial charge in [-0.2, -0.15) is 19.1 Å². The van der Waals surface area contributed by atoms with Gasteiger partial charge in [0, 0.05) is 34.8 Å². The average molecular weight is 447 g/mol. The molecule has 3 rings (SSSR count). The third-order valence-corrected chi connectivity index (χ3v) is 4.79. The van der Waals surface area contributed by atoms with Crippen molar-refractivity contribution in [3.8, 4) is 5.75 Å². The van der Waals surface area contributed by atoms with E-state index >= 15 is 0 Å². The van der Waals surface area contributed by atoms with Gasteiger partial charge in [0.2, 0.25) is 5.90 Å². The van der Waals surface area contributed by atoms with Crippen molar-refractivity contribution in [1.82, 2.24) is 4.57 Å². The van der Waals surface area contributed by atoms with Crippen LogP contribution in [0.4, 0.5) is 13.2 Å². The molecule has 0 unspecified atom stereocenters. The average Bonchev–Trinajstić information content (AvgIpc) is 3.18. The Labute approximate surface area is 181 Å². The molecule has 0 bridgehead atoms. The first kappa shape index (κ1) is 22.9. The van der Waals surface area contributed by atoms with Crippen LogP contribution in [0.25, 0.3) is 16.6 Å². The molecule has 0 atom stereocenters. The van der Waals surface area contributed by atoms with E-state index in [0.717, 1.165) is 30.1 Å². The maximum atomic E-state index is 13.4. The molecule has 0 fully saturated rings. The molecule has 1 aromatic heterocycles. The number of carboxylic acid groups (broad SMARTS) is 1. The normalized spacial score (nSPS) is 12.1. The molecule has 3 N–H and O–H groups in total. The number of carboxylic acids is 1. The molecule has 2 aromatic carbocycles. The molecule has 10 heteroatoms. The van der Waals surface area contributed by atoms with Gasteiger partial charge in [-0.3, -0.25) is 4.79 Å². The highest BCUT2D eigenvalue weighted by Gasteiger charge is 2.35. The number of nitrogens with two attached hydrogens (primary N) is 1. The number of aryl methyl sites for hydroxylation is 1. The second kappa shape index (κ2) is 9.15. The largest absolute Gasteiger partial charge is 0.496 e. The number of alkyl halides is 3. The number of carbonyl (C=O) groups is 1. The zero-order valence-corrected chi connectivity index (χ0v) is 17.0. The first-order chi connectivity index (χ1) is 15.2. The molecule has 32 heavy (non-hydrogen) atoms. The van der Waals surface area contributed by atoms with Crippen LogP contribution in [0.3, 0.4) is 0 Å². The Morgan fingerprint density at radius 3 is 2.62 bits per heavy atom. The Hall–Kier alpha value is -3.79. The van der Waals surface area contributed by atoms with Gasteiger partial charge in [-0.05, 0) is 30.3 Å². The van der Waals surface area contributed by atoms with Crippen LogP contribution < -0.4 is 10.6 Å². The number of nitrogens with zero attached hydrogens (tertiary/aromatic N) is 2. The molecule has 0 aliphatic heterocycles. The van der Waals surface area contributed by atoms with E-state index in [2.05, 4.69) is 11.6 Å². The summed E-state index contributed by atoms with van der Waals surface area (Å²) in [5.41, 5.74) is 0.560. The summed E-state index contributed by atoms with van der Waals surface area (Å²) in [6.07, 6.45) is -2.95. The van der Waals surface area contributed by atoms with Crippen molar-refractivity contribution in [2.45, 2.75) is 19.1 Å². The molecule has 0 aliphatic carbocycles. The van der Waals surface area contributed by atoms with Gasteiger partial charge >= 0.3 is 12.1 Å². The SMILES string of the molecule is C=C(N=C(ON)c1ccc(OC)c(C(F)(F)F)c1)c1cccc2c1ccn2CCC(=O)O. The lowest BCUT2D eigenvalue weighted by Crippen LogP contribution is -2.15. The number of fused-ring (bicyclic) bond motifs is 1. The van der Waals surface area contributed by atoms with Crippen molar-refractivity contribution < 1.29 is 32.6 Å². The van der Waals surface area contributed by atoms with E-state index in [1.807, 2.05) is 6.07 Å². The number of methoxy groups -OCH3 is 1. The highest BCUT2D eigenvalue weighted by molar-refractivity contribution is 6.00. The predicted molar refractivity (Wildman–Crippen MR) is 113 cm³/mol. The highest BCUT2D eigenvalue weighted by atomic mass is 19.4. The minimum atomic E-state index is -4.65. The van der Waals surface area contributed by atoms with E-state index in [9.17, 15) is 18.0 Å². The summed E-state index contributed by atoms with van der Waals surface area (Å²) in [7, 11) is 1.14. The Bertz CT molecular complexity index is 1200. The molecule has 168 valence electrons. The summed E-state index contributed by atoms with van der Waals surface area (Å²) in [6.45, 7) is 4.18. The number of ether oxygens (including phenoxy) is 1. The van der Waals surface area contributed by atoms with Crippen molar-refractivity contribution in [3.63, 3.8) is 0 Å². The Morgan fingerprint density at radius 2 is 2.00 bits per heavy atom. The van der Waals surface area contributed by atoms with Crippen LogP contribution >= 0.6 is 0 Å². The molecule has 3 aromatic rings. The molecular formula is C22H20F3N3O4. The van der Waals surface area contributed by atoms with Gasteiger partial charge in [0.25, 0.3) is 0 Å². The molecule has 0 amide bonds. The third kappa shape index (κ3) is 4.75. The number of aliphatic imine (C=N–C) groups is 1. The molecule has 0 radical (unpaired) electrons. The summed E-state index contributed by atoms with van der Waals surface area (Å²) in [6, 6.07) is 10.4. The van der Waals surface area contributed by atoms with E-state index in [1.54, 1.807) is 29.0 Å². The van der Waals surface area contributed by atoms with E-state index in [4.69, 9.17) is 20.6 Å². The van der Waals surface area contributed by atoms with Crippen molar-refractivity contribution in [2.24, 2.45) is 10.9 Å². The van der Waals surface area contributed by atoms with Crippen LogP contribution in [0, 0.1) is 0 Å². The number of benzene rings is 2. The second-order valence-corrected chi connectivity index (χ2v) is 6.79. The predicted octanol–water partition coefficient (Wildman–Crippen LogP) is 4.45. The van der Waals surface area contributed by atoms with Gasteiger partial charge in [0.1, 0.15) is 5.75 Å². The summed E-state index contributed by atoms with van der Waals surface area (Å²) in [5, 5.41) is 9.66. The fourth-order valence-corrected chi connectivity index (χ4v) is 3.29. The monoisotopic (exact) mass is 447 g/mol. The van der Waals surface area contributed by atoms with Gasteiger partial charge < -0.3 is 19.2 Å².